The van der Waals surface area contributed by atoms with Crippen LogP contribution in [0.15, 0.2) is 18.2 Å². The van der Waals surface area contributed by atoms with Crippen molar-refractivity contribution in [3.8, 4) is 5.75 Å². The van der Waals surface area contributed by atoms with Crippen LogP contribution in [0, 0.1) is 13.8 Å². The molecular formula is C14H17ClN4O2. The minimum Gasteiger partial charge on any atom is -0.496 e. The van der Waals surface area contributed by atoms with Crippen molar-refractivity contribution in [2.45, 2.75) is 20.4 Å². The third-order valence-corrected chi connectivity index (χ3v) is 3.83. The number of nitrogens with two attached hydrogens (primary N) is 1. The molecule has 6 nitrogen and oxygen atoms in total. The summed E-state index contributed by atoms with van der Waals surface area (Å²) in [6.45, 7) is 4.20. The minimum absolute atomic E-state index is 0.356. The Morgan fingerprint density at radius 1 is 1.48 bits per heavy atom. The number of nitrogens with zero attached hydrogens (tertiary/aromatic N) is 2. The van der Waals surface area contributed by atoms with Crippen molar-refractivity contribution in [1.82, 2.24) is 15.2 Å². The first-order valence-electron chi connectivity index (χ1n) is 6.35. The normalized spacial score (nSPS) is 10.5. The van der Waals surface area contributed by atoms with Crippen molar-refractivity contribution in [1.29, 1.82) is 0 Å². The molecule has 7 heteroatoms. The summed E-state index contributed by atoms with van der Waals surface area (Å²) >= 11 is 6.15. The molecule has 1 heterocycles. The number of amides is 1. The van der Waals surface area contributed by atoms with Crippen molar-refractivity contribution < 1.29 is 9.53 Å². The Bertz CT molecular complexity index is 682. The summed E-state index contributed by atoms with van der Waals surface area (Å²) in [6.07, 6.45) is 0. The van der Waals surface area contributed by atoms with Gasteiger partial charge in [0.15, 0.2) is 0 Å². The van der Waals surface area contributed by atoms with Gasteiger partial charge in [-0.1, -0.05) is 11.6 Å². The monoisotopic (exact) mass is 308 g/mol. The summed E-state index contributed by atoms with van der Waals surface area (Å²) < 4.78 is 7.10. The number of aromatic nitrogens is 2. The van der Waals surface area contributed by atoms with Gasteiger partial charge in [-0.25, -0.2) is 5.84 Å². The lowest BCUT2D eigenvalue weighted by Crippen LogP contribution is -2.30. The zero-order valence-electron chi connectivity index (χ0n) is 12.1. The molecule has 0 aliphatic rings. The molecule has 2 rings (SSSR count). The largest absolute Gasteiger partial charge is 0.496 e. The Morgan fingerprint density at radius 2 is 2.19 bits per heavy atom. The number of rotatable bonds is 4. The molecule has 0 saturated carbocycles. The topological polar surface area (TPSA) is 82.2 Å². The van der Waals surface area contributed by atoms with E-state index in [1.54, 1.807) is 30.0 Å². The lowest BCUT2D eigenvalue weighted by atomic mass is 10.1. The highest BCUT2D eigenvalue weighted by molar-refractivity contribution is 6.31. The number of hydrogen-bond donors (Lipinski definition) is 2. The molecule has 0 saturated heterocycles. The highest BCUT2D eigenvalue weighted by Crippen LogP contribution is 2.24. The van der Waals surface area contributed by atoms with Crippen LogP contribution in [0.5, 0.6) is 5.75 Å². The van der Waals surface area contributed by atoms with Crippen LogP contribution in [0.2, 0.25) is 5.02 Å². The maximum Gasteiger partial charge on any atom is 0.265 e. The second-order valence-corrected chi connectivity index (χ2v) is 5.02. The van der Waals surface area contributed by atoms with E-state index in [9.17, 15) is 4.79 Å². The van der Waals surface area contributed by atoms with Crippen LogP contribution in [0.25, 0.3) is 0 Å². The molecule has 1 amide bonds. The Kier molecular flexibility index (Phi) is 4.50. The lowest BCUT2D eigenvalue weighted by molar-refractivity contribution is 0.0953. The Hall–Kier alpha value is -2.05. The van der Waals surface area contributed by atoms with Crippen LogP contribution in [0.4, 0.5) is 0 Å². The van der Waals surface area contributed by atoms with Gasteiger partial charge in [0.25, 0.3) is 5.91 Å². The summed E-state index contributed by atoms with van der Waals surface area (Å²) in [4.78, 5) is 11.6. The second-order valence-electron chi connectivity index (χ2n) is 4.64. The average Bonchev–Trinajstić information content (AvgIpc) is 2.73. The van der Waals surface area contributed by atoms with E-state index in [1.807, 2.05) is 13.8 Å². The van der Waals surface area contributed by atoms with Crippen LogP contribution in [0.1, 0.15) is 27.3 Å². The van der Waals surface area contributed by atoms with Crippen LogP contribution >= 0.6 is 11.6 Å². The number of hydrazine groups is 1. The summed E-state index contributed by atoms with van der Waals surface area (Å²) in [5.41, 5.74) is 5.02. The maximum atomic E-state index is 11.6. The van der Waals surface area contributed by atoms with Gasteiger partial charge in [0.05, 0.1) is 30.1 Å². The predicted octanol–water partition coefficient (Wildman–Crippen LogP) is 1.81. The van der Waals surface area contributed by atoms with Crippen molar-refractivity contribution in [3.05, 3.63) is 45.7 Å². The van der Waals surface area contributed by atoms with E-state index in [0.717, 1.165) is 17.0 Å². The van der Waals surface area contributed by atoms with Gasteiger partial charge in [0, 0.05) is 11.1 Å². The van der Waals surface area contributed by atoms with Gasteiger partial charge in [-0.2, -0.15) is 5.10 Å². The minimum atomic E-state index is -0.356. The zero-order valence-corrected chi connectivity index (χ0v) is 12.9. The lowest BCUT2D eigenvalue weighted by Gasteiger charge is -2.11. The maximum absolute atomic E-state index is 11.6. The molecule has 0 unspecified atom stereocenters. The number of ether oxygens (including phenoxy) is 1. The molecule has 0 aliphatic heterocycles. The van der Waals surface area contributed by atoms with Gasteiger partial charge in [-0.3, -0.25) is 14.9 Å². The summed E-state index contributed by atoms with van der Waals surface area (Å²) in [5.74, 6) is 5.48. The van der Waals surface area contributed by atoms with E-state index < -0.39 is 0 Å². The molecule has 3 N–H and O–H groups in total. The summed E-state index contributed by atoms with van der Waals surface area (Å²) in [6, 6.07) is 5.11. The number of hydrogen-bond acceptors (Lipinski definition) is 4. The van der Waals surface area contributed by atoms with E-state index in [-0.39, 0.29) is 5.91 Å². The smallest absolute Gasteiger partial charge is 0.265 e. The number of benzene rings is 1. The fourth-order valence-corrected chi connectivity index (χ4v) is 2.25. The van der Waals surface area contributed by atoms with E-state index in [4.69, 9.17) is 22.2 Å². The van der Waals surface area contributed by atoms with Crippen molar-refractivity contribution in [3.63, 3.8) is 0 Å². The first-order valence-corrected chi connectivity index (χ1v) is 6.73. The average molecular weight is 309 g/mol. The number of nitrogens with one attached hydrogen (secondary N) is 1. The number of carbonyl (C=O) groups excluding carboxylic acids is 1. The van der Waals surface area contributed by atoms with Crippen LogP contribution < -0.4 is 16.0 Å². The predicted molar refractivity (Wildman–Crippen MR) is 80.5 cm³/mol. The number of nitrogen functional groups attached to an aromatic ring is 1. The van der Waals surface area contributed by atoms with E-state index in [0.29, 0.717) is 22.9 Å². The Morgan fingerprint density at radius 3 is 2.71 bits per heavy atom. The van der Waals surface area contributed by atoms with Crippen LogP contribution in [-0.2, 0) is 6.54 Å². The quantitative estimate of drug-likeness (QED) is 0.513. The second kappa shape index (κ2) is 6.15. The van der Waals surface area contributed by atoms with Gasteiger partial charge in [-0.15, -0.1) is 0 Å². The zero-order chi connectivity index (χ0) is 15.6. The van der Waals surface area contributed by atoms with E-state index in [2.05, 4.69) is 10.5 Å². The molecule has 21 heavy (non-hydrogen) atoms. The van der Waals surface area contributed by atoms with Gasteiger partial charge < -0.3 is 4.74 Å². The molecule has 0 atom stereocenters. The van der Waals surface area contributed by atoms with E-state index in [1.165, 1.54) is 0 Å². The molecule has 0 aliphatic carbocycles. The SMILES string of the molecule is COc1ccc(C(=O)NN)cc1Cn1nc(C)c(Cl)c1C. The number of halogens is 1. The molecule has 2 aromatic rings. The molecule has 0 radical (unpaired) electrons. The number of methoxy groups -OCH3 is 1. The van der Waals surface area contributed by atoms with E-state index >= 15 is 0 Å². The standard InChI is InChI=1S/C14H17ClN4O2/c1-8-13(15)9(2)19(18-8)7-11-6-10(14(20)17-16)4-5-12(11)21-3/h4-6H,7,16H2,1-3H3,(H,17,20). The van der Waals surface area contributed by atoms with Crippen LogP contribution in [0.3, 0.4) is 0 Å². The first-order chi connectivity index (χ1) is 9.97. The molecule has 112 valence electrons. The third kappa shape index (κ3) is 3.01. The summed E-state index contributed by atoms with van der Waals surface area (Å²) in [5, 5.41) is 5.02. The number of aryl methyl sites for hydroxylation is 1. The van der Waals surface area contributed by atoms with Gasteiger partial charge >= 0.3 is 0 Å². The first kappa shape index (κ1) is 15.3. The summed E-state index contributed by atoms with van der Waals surface area (Å²) in [7, 11) is 1.58. The Balaban J connectivity index is 2.41. The molecule has 0 fully saturated rings. The van der Waals surface area contributed by atoms with Crippen molar-refractivity contribution in [2.75, 3.05) is 7.11 Å². The fourth-order valence-electron chi connectivity index (χ4n) is 2.12. The third-order valence-electron chi connectivity index (χ3n) is 3.29. The van der Waals surface area contributed by atoms with Crippen molar-refractivity contribution >= 4 is 17.5 Å². The van der Waals surface area contributed by atoms with Gasteiger partial charge in [-0.05, 0) is 32.0 Å². The molecule has 1 aromatic heterocycles. The molecule has 0 spiro atoms. The molecule has 1 aromatic carbocycles. The fraction of sp³-hybridized carbons (Fsp3) is 0.286. The highest BCUT2D eigenvalue weighted by Gasteiger charge is 2.13. The molecule has 0 bridgehead atoms. The van der Waals surface area contributed by atoms with Gasteiger partial charge in [0.1, 0.15) is 5.75 Å². The highest BCUT2D eigenvalue weighted by atomic mass is 35.5. The molecular weight excluding hydrogens is 292 g/mol. The van der Waals surface area contributed by atoms with Gasteiger partial charge in [0.2, 0.25) is 0 Å². The number of carbonyl (C=O) groups is 1. The Labute approximate surface area is 127 Å². The van der Waals surface area contributed by atoms with Crippen molar-refractivity contribution in [2.24, 2.45) is 5.84 Å². The van der Waals surface area contributed by atoms with Crippen LogP contribution in [-0.4, -0.2) is 22.8 Å².